The lowest BCUT2D eigenvalue weighted by atomic mass is 9.98. The predicted octanol–water partition coefficient (Wildman–Crippen LogP) is 4.06. The summed E-state index contributed by atoms with van der Waals surface area (Å²) in [5.74, 6) is 0.913. The molecule has 2 atom stereocenters. The third-order valence-electron chi connectivity index (χ3n) is 6.22. The van der Waals surface area contributed by atoms with Crippen molar-refractivity contribution in [2.75, 3.05) is 4.90 Å². The van der Waals surface area contributed by atoms with E-state index in [4.69, 9.17) is 27.3 Å². The van der Waals surface area contributed by atoms with E-state index in [0.29, 0.717) is 23.1 Å². The van der Waals surface area contributed by atoms with Gasteiger partial charge < -0.3 is 20.6 Å². The van der Waals surface area contributed by atoms with Gasteiger partial charge in [0.15, 0.2) is 5.65 Å². The number of nitrogens with two attached hydrogens (primary N) is 1. The van der Waals surface area contributed by atoms with Crippen LogP contribution in [0.4, 0.5) is 5.82 Å². The van der Waals surface area contributed by atoms with E-state index in [1.54, 1.807) is 0 Å². The number of thiazole rings is 1. The van der Waals surface area contributed by atoms with E-state index in [1.807, 2.05) is 24.5 Å². The minimum Gasteiger partial charge on any atom is -0.349 e. The lowest BCUT2D eigenvalue weighted by Crippen LogP contribution is -2.47. The quantitative estimate of drug-likeness (QED) is 0.416. The average molecular weight is 463 g/mol. The van der Waals surface area contributed by atoms with Crippen LogP contribution in [0.25, 0.3) is 32.5 Å². The van der Waals surface area contributed by atoms with Gasteiger partial charge in [-0.3, -0.25) is 4.79 Å². The van der Waals surface area contributed by atoms with Crippen LogP contribution < -0.4 is 15.5 Å². The molecule has 2 aliphatic rings. The molecule has 2 saturated heterocycles. The van der Waals surface area contributed by atoms with Gasteiger partial charge in [0.05, 0.1) is 21.4 Å². The van der Waals surface area contributed by atoms with Crippen molar-refractivity contribution < 1.29 is 0 Å². The van der Waals surface area contributed by atoms with E-state index in [1.165, 1.54) is 12.8 Å². The predicted molar refractivity (Wildman–Crippen MR) is 124 cm³/mol. The molecule has 0 amide bonds. The number of nitrogens with one attached hydrogen (secondary N) is 2. The highest BCUT2D eigenvalue weighted by Crippen LogP contribution is 2.40. The zero-order chi connectivity index (χ0) is 19.7. The highest BCUT2D eigenvalue weighted by molar-refractivity contribution is 7.17. The number of rotatable bonds is 2. The second kappa shape index (κ2) is 7.23. The van der Waals surface area contributed by atoms with Gasteiger partial charge in [-0.2, -0.15) is 0 Å². The van der Waals surface area contributed by atoms with Gasteiger partial charge in [0, 0.05) is 35.4 Å². The van der Waals surface area contributed by atoms with E-state index >= 15 is 0 Å². The van der Waals surface area contributed by atoms with E-state index in [2.05, 4.69) is 14.9 Å². The Morgan fingerprint density at radius 1 is 1.20 bits per heavy atom. The Morgan fingerprint density at radius 2 is 1.97 bits per heavy atom. The largest absolute Gasteiger partial charge is 0.349 e. The summed E-state index contributed by atoms with van der Waals surface area (Å²) in [4.78, 5) is 29.7. The maximum absolute atomic E-state index is 11.7. The van der Waals surface area contributed by atoms with Crippen molar-refractivity contribution in [3.05, 3.63) is 39.2 Å². The van der Waals surface area contributed by atoms with Gasteiger partial charge in [-0.15, -0.1) is 12.4 Å². The smallest absolute Gasteiger partial charge is 0.305 e. The molecule has 30 heavy (non-hydrogen) atoms. The minimum atomic E-state index is -0.113. The average Bonchev–Trinajstić information content (AvgIpc) is 3.36. The maximum Gasteiger partial charge on any atom is 0.305 e. The van der Waals surface area contributed by atoms with Gasteiger partial charge in [-0.1, -0.05) is 29.0 Å². The number of H-pyrrole nitrogens is 2. The lowest BCUT2D eigenvalue weighted by molar-refractivity contribution is 0.412. The van der Waals surface area contributed by atoms with Gasteiger partial charge >= 0.3 is 4.87 Å². The van der Waals surface area contributed by atoms with Crippen molar-refractivity contribution >= 4 is 62.5 Å². The molecule has 0 saturated carbocycles. The zero-order valence-electron chi connectivity index (χ0n) is 15.9. The van der Waals surface area contributed by atoms with Crippen molar-refractivity contribution in [3.8, 4) is 11.1 Å². The summed E-state index contributed by atoms with van der Waals surface area (Å²) in [6.45, 7) is 0. The molecule has 2 bridgehead atoms. The number of aromatic nitrogens is 4. The van der Waals surface area contributed by atoms with Crippen LogP contribution in [0.3, 0.4) is 0 Å². The summed E-state index contributed by atoms with van der Waals surface area (Å²) in [5, 5.41) is 0.556. The van der Waals surface area contributed by atoms with E-state index in [0.717, 1.165) is 62.5 Å². The number of aromatic amines is 2. The van der Waals surface area contributed by atoms with E-state index < -0.39 is 0 Å². The van der Waals surface area contributed by atoms with E-state index in [9.17, 15) is 4.79 Å². The maximum atomic E-state index is 11.7. The van der Waals surface area contributed by atoms with Crippen molar-refractivity contribution in [2.45, 2.75) is 43.8 Å². The first-order valence-corrected chi connectivity index (χ1v) is 11.0. The molecule has 6 rings (SSSR count). The Balaban J connectivity index is 0.00000193. The number of nitrogens with zero attached hydrogens (tertiary/aromatic N) is 3. The van der Waals surface area contributed by atoms with Crippen LogP contribution in [0.2, 0.25) is 5.02 Å². The molecule has 4 aromatic rings. The first kappa shape index (κ1) is 19.8. The van der Waals surface area contributed by atoms with Crippen molar-refractivity contribution in [3.63, 3.8) is 0 Å². The lowest BCUT2D eigenvalue weighted by Gasteiger charge is -2.38. The Bertz CT molecular complexity index is 1300. The Kier molecular flexibility index (Phi) is 4.77. The topological polar surface area (TPSA) is 104 Å². The molecule has 4 N–H and O–H groups in total. The highest BCUT2D eigenvalue weighted by Gasteiger charge is 2.40. The van der Waals surface area contributed by atoms with Crippen molar-refractivity contribution in [2.24, 2.45) is 5.73 Å². The van der Waals surface area contributed by atoms with Crippen LogP contribution in [0.15, 0.2) is 29.3 Å². The summed E-state index contributed by atoms with van der Waals surface area (Å²) in [7, 11) is 0. The fourth-order valence-electron chi connectivity index (χ4n) is 5.00. The van der Waals surface area contributed by atoms with Gasteiger partial charge in [0.2, 0.25) is 0 Å². The molecule has 0 radical (unpaired) electrons. The summed E-state index contributed by atoms with van der Waals surface area (Å²) >= 11 is 7.75. The molecular formula is C20H20Cl2N6OS. The molecule has 2 aliphatic heterocycles. The summed E-state index contributed by atoms with van der Waals surface area (Å²) in [6.07, 6.45) is 8.12. The molecule has 7 nitrogen and oxygen atoms in total. The SMILES string of the molecule is Cl.NC1CC2CCC(C1)N2c1cnc2c(-c3ccc4[nH]c(=O)sc4c3Cl)c[nH]c2n1. The van der Waals surface area contributed by atoms with Crippen LogP contribution in [-0.4, -0.2) is 38.1 Å². The number of piperidine rings is 1. The van der Waals surface area contributed by atoms with Gasteiger partial charge in [-0.25, -0.2) is 9.97 Å². The molecule has 5 heterocycles. The molecule has 156 valence electrons. The van der Waals surface area contributed by atoms with Crippen LogP contribution in [0.5, 0.6) is 0 Å². The molecule has 10 heteroatoms. The number of anilines is 1. The molecule has 2 fully saturated rings. The minimum absolute atomic E-state index is 0. The third-order valence-corrected chi connectivity index (χ3v) is 7.64. The second-order valence-electron chi connectivity index (χ2n) is 7.97. The summed E-state index contributed by atoms with van der Waals surface area (Å²) in [5.41, 5.74) is 10.2. The number of hydrogen-bond donors (Lipinski definition) is 3. The number of halogens is 2. The molecule has 3 aromatic heterocycles. The molecular weight excluding hydrogens is 443 g/mol. The van der Waals surface area contributed by atoms with Crippen molar-refractivity contribution in [1.82, 2.24) is 19.9 Å². The van der Waals surface area contributed by atoms with Crippen LogP contribution in [-0.2, 0) is 0 Å². The normalized spacial score (nSPS) is 23.3. The zero-order valence-corrected chi connectivity index (χ0v) is 18.3. The summed E-state index contributed by atoms with van der Waals surface area (Å²) < 4.78 is 0.759. The highest BCUT2D eigenvalue weighted by atomic mass is 35.5. The standard InChI is InChI=1S/C20H19ClN6OS.ClH/c21-16-12(3-4-14-18(16)29-20(28)25-14)13-7-24-19-17(13)23-8-15(26-19)27-10-1-2-11(27)6-9(22)5-10;/h3-4,7-11H,1-2,5-6,22H2,(H,24,26)(H,25,28);1H. The Hall–Kier alpha value is -2.13. The fourth-order valence-corrected chi connectivity index (χ4v) is 6.16. The molecule has 1 aromatic carbocycles. The number of benzene rings is 1. The Labute approximate surface area is 187 Å². The fraction of sp³-hybridized carbons (Fsp3) is 0.350. The van der Waals surface area contributed by atoms with Gasteiger partial charge in [0.1, 0.15) is 11.3 Å². The molecule has 0 spiro atoms. The van der Waals surface area contributed by atoms with E-state index in [-0.39, 0.29) is 17.3 Å². The molecule has 0 aliphatic carbocycles. The first-order valence-electron chi connectivity index (χ1n) is 9.78. The number of hydrogen-bond acceptors (Lipinski definition) is 6. The van der Waals surface area contributed by atoms with Crippen LogP contribution >= 0.6 is 35.3 Å². The monoisotopic (exact) mass is 462 g/mol. The third kappa shape index (κ3) is 2.93. The number of fused-ring (bicyclic) bond motifs is 4. The van der Waals surface area contributed by atoms with Crippen molar-refractivity contribution in [1.29, 1.82) is 0 Å². The van der Waals surface area contributed by atoms with Gasteiger partial charge in [0.25, 0.3) is 0 Å². The summed E-state index contributed by atoms with van der Waals surface area (Å²) in [6, 6.07) is 5.00. The van der Waals surface area contributed by atoms with Crippen LogP contribution in [0, 0.1) is 0 Å². The first-order chi connectivity index (χ1) is 14.1. The Morgan fingerprint density at radius 3 is 2.73 bits per heavy atom. The van der Waals surface area contributed by atoms with Crippen LogP contribution in [0.1, 0.15) is 25.7 Å². The molecule has 2 unspecified atom stereocenters. The van der Waals surface area contributed by atoms with Gasteiger partial charge in [-0.05, 0) is 31.7 Å². The second-order valence-corrected chi connectivity index (χ2v) is 9.33.